The summed E-state index contributed by atoms with van der Waals surface area (Å²) in [6, 6.07) is -9.60. The zero-order valence-corrected chi connectivity index (χ0v) is 43.5. The van der Waals surface area contributed by atoms with Gasteiger partial charge in [-0.25, -0.2) is 0 Å². The zero-order chi connectivity index (χ0) is 57.0. The molecule has 76 heavy (non-hydrogen) atoms. The number of hydrogen-bond acceptors (Lipinski definition) is 16. The van der Waals surface area contributed by atoms with Gasteiger partial charge in [-0.15, -0.1) is 0 Å². The van der Waals surface area contributed by atoms with Crippen LogP contribution in [0.1, 0.15) is 100 Å². The van der Waals surface area contributed by atoms with E-state index in [1.807, 2.05) is 5.32 Å². The number of hydrogen-bond donors (Lipinski definition) is 17. The SMILES string of the molecule is C.CC[C@H](C)[C@@H]1NC(=O)[C@@H](CCCN=C(N)N)NC(=O)[C@H](CC(C)C)NC(=O)[C@H]([C@H](O)C(C)C)NC(=O)[C@@H](N)[C@@H](c2ccccc2)NC(=O)[C@H](CO)NC(=O)C([C@H](O)C(N)=O)NC(=O)[C@@H](C)NC(=O)[C@H]([C@H](C)O)NC1=O. The molecule has 1 aromatic carbocycles. The molecule has 14 atom stereocenters. The van der Waals surface area contributed by atoms with Crippen LogP contribution in [0.4, 0.5) is 0 Å². The fourth-order valence-corrected chi connectivity index (χ4v) is 7.55. The minimum Gasteiger partial charge on any atom is -0.394 e. The van der Waals surface area contributed by atoms with Crippen molar-refractivity contribution in [2.24, 2.45) is 45.7 Å². The highest BCUT2D eigenvalue weighted by Crippen LogP contribution is 2.19. The number of aliphatic hydroxyl groups is 4. The predicted molar refractivity (Wildman–Crippen MR) is 277 cm³/mol. The third-order valence-corrected chi connectivity index (χ3v) is 12.3. The van der Waals surface area contributed by atoms with E-state index < -0.39 is 156 Å². The summed E-state index contributed by atoms with van der Waals surface area (Å²) in [5.74, 6) is -13.5. The summed E-state index contributed by atoms with van der Waals surface area (Å²) in [5, 5.41) is 64.6. The van der Waals surface area contributed by atoms with Gasteiger partial charge in [0.15, 0.2) is 12.1 Å². The number of guanidine groups is 1. The van der Waals surface area contributed by atoms with Crippen molar-refractivity contribution in [2.45, 2.75) is 167 Å². The largest absolute Gasteiger partial charge is 0.394 e. The van der Waals surface area contributed by atoms with Gasteiger partial charge in [0.05, 0.1) is 24.9 Å². The molecule has 1 unspecified atom stereocenters. The maximum Gasteiger partial charge on any atom is 0.248 e. The van der Waals surface area contributed by atoms with E-state index in [2.05, 4.69) is 47.5 Å². The monoisotopic (exact) mass is 1080 g/mol. The van der Waals surface area contributed by atoms with Gasteiger partial charge in [-0.3, -0.25) is 52.9 Å². The van der Waals surface area contributed by atoms with E-state index in [1.54, 1.807) is 33.8 Å². The lowest BCUT2D eigenvalue weighted by Gasteiger charge is -2.32. The summed E-state index contributed by atoms with van der Waals surface area (Å²) in [4.78, 5) is 142. The third-order valence-electron chi connectivity index (χ3n) is 12.3. The molecule has 0 aliphatic carbocycles. The Hall–Kier alpha value is -7.01. The van der Waals surface area contributed by atoms with E-state index in [-0.39, 0.29) is 57.1 Å². The Morgan fingerprint density at radius 1 is 0.618 bits per heavy atom. The van der Waals surface area contributed by atoms with Gasteiger partial charge in [-0.05, 0) is 56.4 Å². The quantitative estimate of drug-likeness (QED) is 0.0442. The smallest absolute Gasteiger partial charge is 0.248 e. The van der Waals surface area contributed by atoms with Gasteiger partial charge in [0, 0.05) is 6.54 Å². The molecule has 0 spiro atoms. The van der Waals surface area contributed by atoms with Crippen molar-refractivity contribution in [3.63, 3.8) is 0 Å². The maximum atomic E-state index is 14.3. The first-order valence-electron chi connectivity index (χ1n) is 24.6. The van der Waals surface area contributed by atoms with E-state index in [4.69, 9.17) is 22.9 Å². The lowest BCUT2D eigenvalue weighted by molar-refractivity contribution is -0.141. The molecule has 1 fully saturated rings. The molecule has 0 radical (unpaired) electrons. The highest BCUT2D eigenvalue weighted by molar-refractivity contribution is 6.00. The molecule has 10 amide bonds. The maximum absolute atomic E-state index is 14.3. The number of amides is 10. The molecule has 1 heterocycles. The van der Waals surface area contributed by atoms with Crippen LogP contribution in [0.5, 0.6) is 0 Å². The number of rotatable bonds is 15. The Morgan fingerprint density at radius 2 is 1.11 bits per heavy atom. The van der Waals surface area contributed by atoms with Gasteiger partial charge in [0.25, 0.3) is 0 Å². The summed E-state index contributed by atoms with van der Waals surface area (Å²) in [6.45, 7) is 10.9. The van der Waals surface area contributed by atoms with Crippen LogP contribution < -0.4 is 70.8 Å². The van der Waals surface area contributed by atoms with Crippen LogP contribution in [0.3, 0.4) is 0 Å². The number of aliphatic imine (C=N–C) groups is 1. The molecular weight excluding hydrogens is 997 g/mol. The number of nitrogens with one attached hydrogen (secondary N) is 9. The number of nitrogens with zero attached hydrogens (tertiary/aromatic N) is 1. The second kappa shape index (κ2) is 31.8. The summed E-state index contributed by atoms with van der Waals surface area (Å²) >= 11 is 0. The van der Waals surface area contributed by atoms with Crippen molar-refractivity contribution < 1.29 is 68.4 Å². The molecule has 0 bridgehead atoms. The Labute approximate surface area is 442 Å². The van der Waals surface area contributed by atoms with Crippen molar-refractivity contribution >= 4 is 65.0 Å². The van der Waals surface area contributed by atoms with E-state index >= 15 is 0 Å². The van der Waals surface area contributed by atoms with Gasteiger partial charge >= 0.3 is 0 Å². The molecule has 28 heteroatoms. The number of carbonyl (C=O) groups excluding carboxylic acids is 10. The van der Waals surface area contributed by atoms with Crippen LogP contribution in [-0.4, -0.2) is 171 Å². The first kappa shape index (κ1) is 67.0. The summed E-state index contributed by atoms with van der Waals surface area (Å²) < 4.78 is 0. The zero-order valence-electron chi connectivity index (χ0n) is 43.5. The molecule has 1 saturated heterocycles. The molecule has 28 nitrogen and oxygen atoms in total. The third kappa shape index (κ3) is 20.3. The standard InChI is InChI=1S/C47H78N14O14.CH4/c1-9-22(6)30-43(72)58-31(24(8)63)44(73)53-23(7)38(67)60-34(36(65)37(49)66)46(75)56-28(19-62)41(70)59-32(25-14-11-10-12-15-25)29(48)42(71)61-33(35(64)21(4)5)45(74)55-27(18-20(2)3)40(69)54-26(39(68)57-30)16-13-17-52-47(50)51;/h10-12,14-15,20-24,26-36,62-65H,9,13,16-19,48H2,1-8H3,(H2,49,66)(H,53,73)(H,54,69)(H,55,74)(H,56,75)(H,57,68)(H,58,72)(H,59,70)(H,60,67)(H,61,71)(H4,50,51,52);1H4/t22-,23+,24-,26+,27-,28-,29-,30-,31-,32+,33-,34?,35+,36-;/m0./s1. The lowest BCUT2D eigenvalue weighted by Crippen LogP contribution is -2.64. The Bertz CT molecular complexity index is 2180. The molecular formula is C48H82N14O14. The van der Waals surface area contributed by atoms with E-state index in [9.17, 15) is 68.4 Å². The van der Waals surface area contributed by atoms with Crippen LogP contribution in [0.2, 0.25) is 0 Å². The van der Waals surface area contributed by atoms with Crippen LogP contribution in [-0.2, 0) is 47.9 Å². The van der Waals surface area contributed by atoms with Crippen molar-refractivity contribution in [2.75, 3.05) is 13.2 Å². The van der Waals surface area contributed by atoms with Crippen LogP contribution in [0, 0.1) is 17.8 Å². The van der Waals surface area contributed by atoms with Crippen molar-refractivity contribution in [3.05, 3.63) is 35.9 Å². The predicted octanol–water partition coefficient (Wildman–Crippen LogP) is -5.90. The Balaban J connectivity index is 0.0000289. The topological polar surface area (TPSA) is 476 Å². The average Bonchev–Trinajstić information content (AvgIpc) is 3.35. The molecule has 21 N–H and O–H groups in total. The number of aliphatic hydroxyl groups excluding tert-OH is 4. The van der Waals surface area contributed by atoms with Crippen molar-refractivity contribution in [1.82, 2.24) is 47.9 Å². The van der Waals surface area contributed by atoms with E-state index in [0.29, 0.717) is 0 Å². The lowest BCUT2D eigenvalue weighted by atomic mass is 9.95. The Kier molecular flexibility index (Phi) is 28.0. The summed E-state index contributed by atoms with van der Waals surface area (Å²) in [7, 11) is 0. The van der Waals surface area contributed by atoms with Crippen molar-refractivity contribution in [3.8, 4) is 0 Å². The number of benzene rings is 1. The highest BCUT2D eigenvalue weighted by atomic mass is 16.3. The van der Waals surface area contributed by atoms with E-state index in [1.165, 1.54) is 38.1 Å². The fraction of sp³-hybridized carbons (Fsp3) is 0.646. The minimum atomic E-state index is -2.48. The fourth-order valence-electron chi connectivity index (χ4n) is 7.55. The van der Waals surface area contributed by atoms with Gasteiger partial charge in [-0.1, -0.05) is 85.7 Å². The van der Waals surface area contributed by atoms with Gasteiger partial charge in [0.2, 0.25) is 59.1 Å². The number of carbonyl (C=O) groups is 10. The average molecular weight is 1080 g/mol. The van der Waals surface area contributed by atoms with Crippen LogP contribution in [0.15, 0.2) is 35.3 Å². The van der Waals surface area contributed by atoms with Gasteiger partial charge in [-0.2, -0.15) is 0 Å². The van der Waals surface area contributed by atoms with Crippen molar-refractivity contribution in [1.29, 1.82) is 0 Å². The molecule has 428 valence electrons. The molecule has 1 aliphatic heterocycles. The first-order chi connectivity index (χ1) is 35.1. The molecule has 0 saturated carbocycles. The Morgan fingerprint density at radius 3 is 1.63 bits per heavy atom. The number of primary amides is 1. The normalized spacial score (nSPS) is 27.1. The second-order valence-electron chi connectivity index (χ2n) is 19.3. The van der Waals surface area contributed by atoms with E-state index in [0.717, 1.165) is 13.8 Å². The molecule has 1 aliphatic rings. The molecule has 2 rings (SSSR count). The first-order valence-corrected chi connectivity index (χ1v) is 24.6. The van der Waals surface area contributed by atoms with Crippen LogP contribution in [0.25, 0.3) is 0 Å². The van der Waals surface area contributed by atoms with Crippen LogP contribution >= 0.6 is 0 Å². The van der Waals surface area contributed by atoms with Gasteiger partial charge < -0.3 is 91.2 Å². The molecule has 1 aromatic rings. The molecule has 0 aromatic heterocycles. The minimum absolute atomic E-state index is 0. The second-order valence-corrected chi connectivity index (χ2v) is 19.3. The number of nitrogens with two attached hydrogens (primary N) is 4. The summed E-state index contributed by atoms with van der Waals surface area (Å²) in [6.07, 6.45) is -5.60. The highest BCUT2D eigenvalue weighted by Gasteiger charge is 2.41. The van der Waals surface area contributed by atoms with Gasteiger partial charge in [0.1, 0.15) is 54.4 Å². The summed E-state index contributed by atoms with van der Waals surface area (Å²) in [5.41, 5.74) is 23.0.